The van der Waals surface area contributed by atoms with Gasteiger partial charge in [0.25, 0.3) is 0 Å². The third-order valence-electron chi connectivity index (χ3n) is 5.22. The summed E-state index contributed by atoms with van der Waals surface area (Å²) in [7, 11) is 0. The van der Waals surface area contributed by atoms with E-state index in [1.165, 1.54) is 16.7 Å². The Bertz CT molecular complexity index is 739. The van der Waals surface area contributed by atoms with E-state index in [0.29, 0.717) is 0 Å². The number of thiocarbonyl (C=S) groups is 1. The number of ether oxygens (including phenoxy) is 1. The molecular formula is C23H31N3OS. The van der Waals surface area contributed by atoms with Crippen molar-refractivity contribution < 1.29 is 4.74 Å². The number of benzene rings is 2. The summed E-state index contributed by atoms with van der Waals surface area (Å²) in [6, 6.07) is 16.9. The van der Waals surface area contributed by atoms with Gasteiger partial charge in [0.2, 0.25) is 0 Å². The quantitative estimate of drug-likeness (QED) is 0.706. The van der Waals surface area contributed by atoms with Crippen LogP contribution in [-0.2, 0) is 11.3 Å². The van der Waals surface area contributed by atoms with Gasteiger partial charge in [0.05, 0.1) is 13.2 Å². The van der Waals surface area contributed by atoms with E-state index in [4.69, 9.17) is 17.0 Å². The van der Waals surface area contributed by atoms with Crippen molar-refractivity contribution in [3.8, 4) is 0 Å². The molecule has 1 aliphatic heterocycles. The van der Waals surface area contributed by atoms with E-state index in [1.807, 2.05) is 0 Å². The van der Waals surface area contributed by atoms with Crippen LogP contribution in [-0.4, -0.2) is 54.3 Å². The highest BCUT2D eigenvalue weighted by Gasteiger charge is 2.15. The van der Waals surface area contributed by atoms with Crippen LogP contribution in [0.15, 0.2) is 48.5 Å². The highest BCUT2D eigenvalue weighted by atomic mass is 32.1. The van der Waals surface area contributed by atoms with Gasteiger partial charge < -0.3 is 15.0 Å². The van der Waals surface area contributed by atoms with Crippen LogP contribution in [0.3, 0.4) is 0 Å². The maximum Gasteiger partial charge on any atom is 0.173 e. The predicted octanol–water partition coefficient (Wildman–Crippen LogP) is 4.22. The highest BCUT2D eigenvalue weighted by molar-refractivity contribution is 7.80. The summed E-state index contributed by atoms with van der Waals surface area (Å²) in [5.74, 6) is 0. The largest absolute Gasteiger partial charge is 0.379 e. The molecule has 1 aliphatic rings. The van der Waals surface area contributed by atoms with Gasteiger partial charge in [0.1, 0.15) is 0 Å². The Morgan fingerprint density at radius 1 is 1.04 bits per heavy atom. The Labute approximate surface area is 174 Å². The van der Waals surface area contributed by atoms with Crippen LogP contribution >= 0.6 is 12.2 Å². The van der Waals surface area contributed by atoms with E-state index < -0.39 is 0 Å². The molecule has 2 aromatic rings. The topological polar surface area (TPSA) is 27.7 Å². The second-order valence-corrected chi connectivity index (χ2v) is 7.80. The number of aryl methyl sites for hydroxylation is 2. The lowest BCUT2D eigenvalue weighted by Crippen LogP contribution is -2.40. The number of nitrogens with zero attached hydrogens (tertiary/aromatic N) is 2. The zero-order valence-electron chi connectivity index (χ0n) is 17.0. The van der Waals surface area contributed by atoms with Crippen molar-refractivity contribution in [3.05, 3.63) is 65.2 Å². The van der Waals surface area contributed by atoms with E-state index in [9.17, 15) is 0 Å². The Balaban J connectivity index is 1.64. The molecule has 0 bridgehead atoms. The molecule has 1 N–H and O–H groups in total. The van der Waals surface area contributed by atoms with E-state index in [2.05, 4.69) is 77.5 Å². The van der Waals surface area contributed by atoms with E-state index in [0.717, 1.165) is 63.2 Å². The van der Waals surface area contributed by atoms with Crippen LogP contribution in [0, 0.1) is 13.8 Å². The second kappa shape index (κ2) is 10.6. The minimum absolute atomic E-state index is 0.795. The molecule has 3 rings (SSSR count). The third kappa shape index (κ3) is 6.03. The first-order chi connectivity index (χ1) is 13.6. The Kier molecular flexibility index (Phi) is 7.83. The van der Waals surface area contributed by atoms with Crippen molar-refractivity contribution in [3.63, 3.8) is 0 Å². The molecule has 0 spiro atoms. The van der Waals surface area contributed by atoms with Crippen LogP contribution in [0.25, 0.3) is 0 Å². The Morgan fingerprint density at radius 2 is 1.71 bits per heavy atom. The predicted molar refractivity (Wildman–Crippen MR) is 121 cm³/mol. The normalized spacial score (nSPS) is 14.6. The Hall–Kier alpha value is -1.95. The lowest BCUT2D eigenvalue weighted by molar-refractivity contribution is 0.0368. The van der Waals surface area contributed by atoms with Gasteiger partial charge in [-0.25, -0.2) is 0 Å². The Morgan fingerprint density at radius 3 is 2.39 bits per heavy atom. The minimum atomic E-state index is 0.795. The molecule has 0 amide bonds. The van der Waals surface area contributed by atoms with Crippen molar-refractivity contribution in [2.45, 2.75) is 26.8 Å². The summed E-state index contributed by atoms with van der Waals surface area (Å²) in [4.78, 5) is 4.77. The zero-order chi connectivity index (χ0) is 19.8. The summed E-state index contributed by atoms with van der Waals surface area (Å²) in [6.45, 7) is 10.8. The number of anilines is 1. The molecule has 5 heteroatoms. The molecule has 1 saturated heterocycles. The first-order valence-corrected chi connectivity index (χ1v) is 10.5. The molecule has 0 atom stereocenters. The van der Waals surface area contributed by atoms with Crippen molar-refractivity contribution in [1.29, 1.82) is 0 Å². The highest BCUT2D eigenvalue weighted by Crippen LogP contribution is 2.20. The number of nitrogens with one attached hydrogen (secondary N) is 1. The van der Waals surface area contributed by atoms with E-state index in [1.54, 1.807) is 0 Å². The van der Waals surface area contributed by atoms with Crippen molar-refractivity contribution in [2.75, 3.05) is 44.7 Å². The van der Waals surface area contributed by atoms with E-state index in [-0.39, 0.29) is 0 Å². The third-order valence-corrected chi connectivity index (χ3v) is 5.58. The van der Waals surface area contributed by atoms with Gasteiger partial charge in [-0.2, -0.15) is 0 Å². The van der Waals surface area contributed by atoms with Gasteiger partial charge in [-0.15, -0.1) is 0 Å². The number of morpholine rings is 1. The lowest BCUT2D eigenvalue weighted by atomic mass is 10.1. The molecule has 1 heterocycles. The smallest absolute Gasteiger partial charge is 0.173 e. The van der Waals surface area contributed by atoms with Gasteiger partial charge >= 0.3 is 0 Å². The van der Waals surface area contributed by atoms with Crippen LogP contribution in [0.5, 0.6) is 0 Å². The first-order valence-electron chi connectivity index (χ1n) is 10.1. The second-order valence-electron chi connectivity index (χ2n) is 7.41. The summed E-state index contributed by atoms with van der Waals surface area (Å²) in [6.07, 6.45) is 1.08. The molecule has 1 fully saturated rings. The van der Waals surface area contributed by atoms with Crippen molar-refractivity contribution >= 4 is 23.0 Å². The lowest BCUT2D eigenvalue weighted by Gasteiger charge is -2.30. The van der Waals surface area contributed by atoms with Crippen LogP contribution in [0.2, 0.25) is 0 Å². The maximum absolute atomic E-state index is 5.83. The van der Waals surface area contributed by atoms with Gasteiger partial charge in [0.15, 0.2) is 5.11 Å². The van der Waals surface area contributed by atoms with Crippen LogP contribution in [0.4, 0.5) is 5.69 Å². The number of rotatable bonds is 7. The molecule has 4 nitrogen and oxygen atoms in total. The summed E-state index contributed by atoms with van der Waals surface area (Å²) in [5, 5.41) is 4.31. The molecule has 0 aromatic heterocycles. The van der Waals surface area contributed by atoms with Gasteiger partial charge in [0, 0.05) is 38.4 Å². The fourth-order valence-electron chi connectivity index (χ4n) is 3.56. The zero-order valence-corrected chi connectivity index (χ0v) is 17.8. The summed E-state index contributed by atoms with van der Waals surface area (Å²) >= 11 is 5.83. The molecule has 0 radical (unpaired) electrons. The monoisotopic (exact) mass is 397 g/mol. The SMILES string of the molecule is Cc1cccc(C)c1NC(=S)N(CCCN1CCOCC1)Cc1ccccc1. The summed E-state index contributed by atoms with van der Waals surface area (Å²) < 4.78 is 5.45. The molecule has 150 valence electrons. The van der Waals surface area contributed by atoms with Gasteiger partial charge in [-0.05, 0) is 49.2 Å². The standard InChI is InChI=1S/C23H31N3OS/c1-19-8-6-9-20(2)22(19)24-23(28)26(18-21-10-4-3-5-11-21)13-7-12-25-14-16-27-17-15-25/h3-6,8-11H,7,12-18H2,1-2H3,(H,24,28). The molecule has 0 unspecified atom stereocenters. The molecular weight excluding hydrogens is 366 g/mol. The first kappa shape index (κ1) is 20.8. The fraction of sp³-hybridized carbons (Fsp3) is 0.435. The maximum atomic E-state index is 5.83. The van der Waals surface area contributed by atoms with Crippen molar-refractivity contribution in [2.24, 2.45) is 0 Å². The molecule has 28 heavy (non-hydrogen) atoms. The fourth-order valence-corrected chi connectivity index (χ4v) is 3.82. The molecule has 0 aliphatic carbocycles. The van der Waals surface area contributed by atoms with Crippen LogP contribution < -0.4 is 5.32 Å². The van der Waals surface area contributed by atoms with Crippen LogP contribution in [0.1, 0.15) is 23.1 Å². The number of para-hydroxylation sites is 1. The molecule has 2 aromatic carbocycles. The average molecular weight is 398 g/mol. The van der Waals surface area contributed by atoms with E-state index >= 15 is 0 Å². The van der Waals surface area contributed by atoms with Gasteiger partial charge in [-0.3, -0.25) is 4.90 Å². The molecule has 0 saturated carbocycles. The average Bonchev–Trinajstić information content (AvgIpc) is 2.71. The van der Waals surface area contributed by atoms with Crippen molar-refractivity contribution in [1.82, 2.24) is 9.80 Å². The summed E-state index contributed by atoms with van der Waals surface area (Å²) in [5.41, 5.74) is 4.84. The number of hydrogen-bond acceptors (Lipinski definition) is 3. The number of hydrogen-bond donors (Lipinski definition) is 1. The minimum Gasteiger partial charge on any atom is -0.379 e. The van der Waals surface area contributed by atoms with Gasteiger partial charge in [-0.1, -0.05) is 48.5 Å².